The lowest BCUT2D eigenvalue weighted by Gasteiger charge is -2.48. The van der Waals surface area contributed by atoms with Crippen molar-refractivity contribution in [3.8, 4) is 5.69 Å². The summed E-state index contributed by atoms with van der Waals surface area (Å²) in [4.78, 5) is 0. The van der Waals surface area contributed by atoms with E-state index in [-0.39, 0.29) is 11.8 Å². The maximum absolute atomic E-state index is 4.50. The summed E-state index contributed by atoms with van der Waals surface area (Å²) in [5, 5.41) is 13.5. The van der Waals surface area contributed by atoms with Crippen LogP contribution in [0.5, 0.6) is 0 Å². The molecule has 0 radical (unpaired) electrons. The Morgan fingerprint density at radius 3 is 1.35 bits per heavy atom. The first-order valence-corrected chi connectivity index (χ1v) is 29.3. The van der Waals surface area contributed by atoms with Crippen molar-refractivity contribution in [3.05, 3.63) is 324 Å². The molecule has 10 aromatic carbocycles. The van der Waals surface area contributed by atoms with Gasteiger partial charge in [-0.05, 0) is 94.5 Å². The van der Waals surface area contributed by atoms with E-state index in [1.54, 1.807) is 0 Å². The van der Waals surface area contributed by atoms with Crippen LogP contribution in [-0.4, -0.2) is 20.7 Å². The van der Waals surface area contributed by atoms with E-state index in [2.05, 4.69) is 297 Å². The van der Waals surface area contributed by atoms with E-state index in [0.717, 1.165) is 0 Å². The van der Waals surface area contributed by atoms with Crippen LogP contribution in [0, 0.1) is 0 Å². The van der Waals surface area contributed by atoms with Gasteiger partial charge in [-0.2, -0.15) is 0 Å². The zero-order valence-corrected chi connectivity index (χ0v) is 42.4. The lowest BCUT2D eigenvalue weighted by Crippen LogP contribution is -2.74. The normalized spacial score (nSPS) is 15.4. The molecule has 2 unspecified atom stereocenters. The van der Waals surface area contributed by atoms with Crippen LogP contribution in [0.15, 0.2) is 302 Å². The van der Waals surface area contributed by atoms with Crippen LogP contribution in [-0.2, 0) is 0 Å². The highest BCUT2D eigenvalue weighted by Crippen LogP contribution is 2.59. The summed E-state index contributed by atoms with van der Waals surface area (Å²) in [6, 6.07) is 101. The molecule has 11 aromatic rings. The standard InChI is InChI=1S/C69H53NSi2/c1-3-27-65(72(53-34-16-7-17-35-53,54-36-18-8-19-37-54)55-38-20-9-21-39-55)67-49(2)66-58-41-22-23-42-59(58)69(67)68-60(66)43-26-45-64(68)70-62-44-25-24-40-57(62)61-48-56(46-47-63(61)70)71(50-28-10-4-11-29-50,51-30-12-5-13-31-51)52-32-14-6-15-33-52/h3-48,66,69H,1H2,2H3/b65-27+. The first kappa shape index (κ1) is 43.7. The van der Waals surface area contributed by atoms with Gasteiger partial charge in [-0.3, -0.25) is 0 Å². The molecule has 0 saturated heterocycles. The highest BCUT2D eigenvalue weighted by Gasteiger charge is 2.51. The molecule has 0 spiro atoms. The number of benzene rings is 10. The van der Waals surface area contributed by atoms with E-state index in [0.29, 0.717) is 0 Å². The predicted molar refractivity (Wildman–Crippen MR) is 309 cm³/mol. The van der Waals surface area contributed by atoms with Crippen LogP contribution in [0.2, 0.25) is 0 Å². The van der Waals surface area contributed by atoms with Gasteiger partial charge in [-0.1, -0.05) is 273 Å². The largest absolute Gasteiger partial charge is 0.309 e. The quantitative estimate of drug-likeness (QED) is 0.0692. The number of fused-ring (bicyclic) bond motifs is 3. The Morgan fingerprint density at radius 2 is 0.833 bits per heavy atom. The Kier molecular flexibility index (Phi) is 10.8. The summed E-state index contributed by atoms with van der Waals surface area (Å²) in [7, 11) is -5.85. The summed E-state index contributed by atoms with van der Waals surface area (Å²) >= 11 is 0. The van der Waals surface area contributed by atoms with Crippen molar-refractivity contribution in [1.29, 1.82) is 0 Å². The van der Waals surface area contributed by atoms with Gasteiger partial charge in [0.05, 0.1) is 16.7 Å². The average Bonchev–Trinajstić information content (AvgIpc) is 3.78. The van der Waals surface area contributed by atoms with E-state index in [9.17, 15) is 0 Å². The predicted octanol–water partition coefficient (Wildman–Crippen LogP) is 11.9. The third-order valence-corrected chi connectivity index (χ3v) is 25.7. The molecule has 3 aliphatic rings. The SMILES string of the molecule is C=C/C=C(\C1=C(C)C2c3ccccc3C1c1c2cccc1-n1c2ccccc2c2cc([Si](c3ccccc3)(c3ccccc3)c3ccccc3)ccc21)[Si](c1ccccc1)(c1ccccc1)c1ccccc1. The lowest BCUT2D eigenvalue weighted by atomic mass is 9.60. The van der Waals surface area contributed by atoms with E-state index >= 15 is 0 Å². The van der Waals surface area contributed by atoms with E-state index in [1.165, 1.54) is 102 Å². The Labute approximate surface area is 425 Å². The maximum atomic E-state index is 4.50. The van der Waals surface area contributed by atoms with Gasteiger partial charge in [0.2, 0.25) is 0 Å². The molecule has 0 N–H and O–H groups in total. The molecule has 72 heavy (non-hydrogen) atoms. The van der Waals surface area contributed by atoms with Crippen LogP contribution < -0.4 is 36.3 Å². The van der Waals surface area contributed by atoms with E-state index in [1.807, 2.05) is 0 Å². The first-order chi connectivity index (χ1) is 35.7. The van der Waals surface area contributed by atoms with Crippen molar-refractivity contribution in [2.45, 2.75) is 18.8 Å². The Morgan fingerprint density at radius 1 is 0.403 bits per heavy atom. The number of para-hydroxylation sites is 1. The minimum atomic E-state index is -3.03. The van der Waals surface area contributed by atoms with Crippen molar-refractivity contribution >= 4 is 74.3 Å². The highest BCUT2D eigenvalue weighted by atomic mass is 28.3. The van der Waals surface area contributed by atoms with Gasteiger partial charge < -0.3 is 4.57 Å². The molecular weight excluding hydrogens is 899 g/mol. The van der Waals surface area contributed by atoms with Gasteiger partial charge in [0.1, 0.15) is 0 Å². The van der Waals surface area contributed by atoms with Crippen molar-refractivity contribution in [1.82, 2.24) is 4.57 Å². The van der Waals surface area contributed by atoms with Gasteiger partial charge in [0, 0.05) is 22.6 Å². The second-order valence-corrected chi connectivity index (χ2v) is 27.0. The number of aromatic nitrogens is 1. The van der Waals surface area contributed by atoms with Gasteiger partial charge in [0.25, 0.3) is 0 Å². The monoisotopic (exact) mass is 951 g/mol. The summed E-state index contributed by atoms with van der Waals surface area (Å²) < 4.78 is 2.60. The number of nitrogens with zero attached hydrogens (tertiary/aromatic N) is 1. The molecule has 3 aliphatic carbocycles. The zero-order chi connectivity index (χ0) is 48.2. The molecule has 0 aliphatic heterocycles. The summed E-state index contributed by atoms with van der Waals surface area (Å²) in [5.74, 6) is 0.0312. The average molecular weight is 952 g/mol. The first-order valence-electron chi connectivity index (χ1n) is 25.3. The molecule has 0 saturated carbocycles. The molecule has 2 atom stereocenters. The summed E-state index contributed by atoms with van der Waals surface area (Å²) in [5.41, 5.74) is 12.1. The summed E-state index contributed by atoms with van der Waals surface area (Å²) in [6.45, 7) is 6.93. The molecule has 3 heteroatoms. The second kappa shape index (κ2) is 17.8. The molecule has 1 nitrogen and oxygen atoms in total. The lowest BCUT2D eigenvalue weighted by molar-refractivity contribution is 0.734. The minimum absolute atomic E-state index is 0.0450. The van der Waals surface area contributed by atoms with Crippen LogP contribution >= 0.6 is 0 Å². The molecule has 2 bridgehead atoms. The van der Waals surface area contributed by atoms with Crippen LogP contribution in [0.4, 0.5) is 0 Å². The number of hydrogen-bond acceptors (Lipinski definition) is 0. The molecule has 0 fully saturated rings. The number of hydrogen-bond donors (Lipinski definition) is 0. The Balaban J connectivity index is 1.09. The fourth-order valence-corrected chi connectivity index (χ4v) is 23.2. The molecule has 1 aromatic heterocycles. The van der Waals surface area contributed by atoms with E-state index in [4.69, 9.17) is 0 Å². The van der Waals surface area contributed by atoms with E-state index < -0.39 is 16.1 Å². The van der Waals surface area contributed by atoms with Crippen molar-refractivity contribution in [3.63, 3.8) is 0 Å². The van der Waals surface area contributed by atoms with Crippen LogP contribution in [0.3, 0.4) is 0 Å². The zero-order valence-electron chi connectivity index (χ0n) is 40.4. The Bertz CT molecular complexity index is 3680. The maximum Gasteiger partial charge on any atom is 0.179 e. The molecule has 342 valence electrons. The van der Waals surface area contributed by atoms with Crippen molar-refractivity contribution < 1.29 is 0 Å². The van der Waals surface area contributed by atoms with Crippen LogP contribution in [0.1, 0.15) is 41.0 Å². The third kappa shape index (κ3) is 6.44. The van der Waals surface area contributed by atoms with Gasteiger partial charge in [-0.25, -0.2) is 0 Å². The molecule has 1 heterocycles. The summed E-state index contributed by atoms with van der Waals surface area (Å²) in [6.07, 6.45) is 4.45. The van der Waals surface area contributed by atoms with Gasteiger partial charge in [0.15, 0.2) is 16.1 Å². The fourth-order valence-electron chi connectivity index (χ4n) is 13.3. The van der Waals surface area contributed by atoms with Gasteiger partial charge in [-0.15, -0.1) is 0 Å². The van der Waals surface area contributed by atoms with Gasteiger partial charge >= 0.3 is 0 Å². The number of rotatable bonds is 11. The molecule has 14 rings (SSSR count). The second-order valence-electron chi connectivity index (χ2n) is 19.5. The third-order valence-electron chi connectivity index (χ3n) is 16.0. The topological polar surface area (TPSA) is 4.93 Å². The molecule has 0 amide bonds. The minimum Gasteiger partial charge on any atom is -0.309 e. The number of allylic oxidation sites excluding steroid dienone is 5. The molecular formula is C69H53NSi2. The van der Waals surface area contributed by atoms with Crippen molar-refractivity contribution in [2.75, 3.05) is 0 Å². The Hall–Kier alpha value is -8.35. The smallest absolute Gasteiger partial charge is 0.179 e. The van der Waals surface area contributed by atoms with Crippen LogP contribution in [0.25, 0.3) is 27.5 Å². The fraction of sp³-hybridized carbons (Fsp3) is 0.0435. The highest BCUT2D eigenvalue weighted by molar-refractivity contribution is 7.20. The van der Waals surface area contributed by atoms with Crippen molar-refractivity contribution in [2.24, 2.45) is 0 Å².